The van der Waals surface area contributed by atoms with E-state index in [1.54, 1.807) is 6.07 Å². The number of ether oxygens (including phenoxy) is 1. The Morgan fingerprint density at radius 1 is 1.00 bits per heavy atom. The highest BCUT2D eigenvalue weighted by atomic mass is 16.6. The van der Waals surface area contributed by atoms with Crippen molar-refractivity contribution in [1.82, 2.24) is 4.90 Å². The number of amides is 2. The van der Waals surface area contributed by atoms with Crippen molar-refractivity contribution in [1.29, 1.82) is 0 Å². The van der Waals surface area contributed by atoms with E-state index in [1.807, 2.05) is 36.4 Å². The summed E-state index contributed by atoms with van der Waals surface area (Å²) in [5.74, 6) is -0.679. The molecule has 146 valence electrons. The molecule has 3 aromatic rings. The maximum absolute atomic E-state index is 12.5. The van der Waals surface area contributed by atoms with Crippen molar-refractivity contribution >= 4 is 28.3 Å². The minimum Gasteiger partial charge on any atom is -0.490 e. The van der Waals surface area contributed by atoms with Gasteiger partial charge in [-0.1, -0.05) is 36.4 Å². The molecular weight excluding hydrogens is 376 g/mol. The van der Waals surface area contributed by atoms with Crippen LogP contribution in [-0.4, -0.2) is 46.0 Å². The first-order valence-corrected chi connectivity index (χ1v) is 8.89. The number of nitro benzene ring substituents is 1. The van der Waals surface area contributed by atoms with Crippen molar-refractivity contribution in [3.63, 3.8) is 0 Å². The maximum atomic E-state index is 12.5. The maximum Gasteiger partial charge on any atom is 0.270 e. The number of non-ortho nitro benzene ring substituents is 1. The molecule has 1 atom stereocenters. The third-order valence-electron chi connectivity index (χ3n) is 4.74. The number of rotatable bonds is 6. The summed E-state index contributed by atoms with van der Waals surface area (Å²) in [6.07, 6.45) is -1.12. The van der Waals surface area contributed by atoms with E-state index in [-0.39, 0.29) is 30.0 Å². The molecule has 1 aliphatic rings. The van der Waals surface area contributed by atoms with Crippen molar-refractivity contribution in [2.24, 2.45) is 0 Å². The van der Waals surface area contributed by atoms with Crippen LogP contribution in [0.5, 0.6) is 5.75 Å². The minimum atomic E-state index is -1.12. The molecule has 0 spiro atoms. The Hall–Kier alpha value is -3.78. The number of carbonyl (C=O) groups excluding carboxylic acids is 2. The fourth-order valence-electron chi connectivity index (χ4n) is 3.33. The molecule has 3 aromatic carbocycles. The zero-order valence-electron chi connectivity index (χ0n) is 15.1. The molecule has 29 heavy (non-hydrogen) atoms. The standard InChI is InChI=1S/C21H16N2O6/c24-15(12-29-19-7-3-5-13-4-1-2-6-16(13)19)11-22-20(25)17-9-8-14(23(27)28)10-18(17)21(22)26/h1-10,15,24H,11-12H2/t15-/m1/s1. The first kappa shape index (κ1) is 18.6. The van der Waals surface area contributed by atoms with Crippen LogP contribution in [0.15, 0.2) is 60.7 Å². The number of β-amino-alcohol motifs (C(OH)–C–C–N with tert-alkyl or cyclic N) is 1. The number of imide groups is 1. The number of nitrogens with zero attached hydrogens (tertiary/aromatic N) is 2. The van der Waals surface area contributed by atoms with Crippen LogP contribution in [0.3, 0.4) is 0 Å². The molecule has 0 unspecified atom stereocenters. The Morgan fingerprint density at radius 2 is 1.72 bits per heavy atom. The van der Waals surface area contributed by atoms with E-state index in [9.17, 15) is 24.8 Å². The lowest BCUT2D eigenvalue weighted by molar-refractivity contribution is -0.384. The molecule has 0 aliphatic carbocycles. The Bertz CT molecular complexity index is 1140. The highest BCUT2D eigenvalue weighted by Gasteiger charge is 2.37. The molecule has 0 radical (unpaired) electrons. The second kappa shape index (κ2) is 7.33. The summed E-state index contributed by atoms with van der Waals surface area (Å²) in [6.45, 7) is -0.396. The third kappa shape index (κ3) is 3.41. The predicted molar refractivity (Wildman–Crippen MR) is 104 cm³/mol. The minimum absolute atomic E-state index is 0.0358. The van der Waals surface area contributed by atoms with Gasteiger partial charge in [-0.25, -0.2) is 0 Å². The van der Waals surface area contributed by atoms with Crippen molar-refractivity contribution in [3.05, 3.63) is 81.9 Å². The molecule has 1 aliphatic heterocycles. The second-order valence-electron chi connectivity index (χ2n) is 6.65. The molecule has 0 bridgehead atoms. The Labute approximate surface area is 165 Å². The summed E-state index contributed by atoms with van der Waals surface area (Å²) >= 11 is 0. The first-order valence-electron chi connectivity index (χ1n) is 8.89. The van der Waals surface area contributed by atoms with Crippen molar-refractivity contribution in [3.8, 4) is 5.75 Å². The van der Waals surface area contributed by atoms with Gasteiger partial charge in [0.15, 0.2) is 0 Å². The second-order valence-corrected chi connectivity index (χ2v) is 6.65. The highest BCUT2D eigenvalue weighted by Crippen LogP contribution is 2.28. The molecule has 0 aromatic heterocycles. The average molecular weight is 392 g/mol. The van der Waals surface area contributed by atoms with Gasteiger partial charge in [0.1, 0.15) is 18.5 Å². The van der Waals surface area contributed by atoms with Gasteiger partial charge in [-0.2, -0.15) is 0 Å². The summed E-state index contributed by atoms with van der Waals surface area (Å²) in [5, 5.41) is 23.1. The Balaban J connectivity index is 1.46. The number of fused-ring (bicyclic) bond motifs is 2. The summed E-state index contributed by atoms with van der Waals surface area (Å²) in [7, 11) is 0. The van der Waals surface area contributed by atoms with Gasteiger partial charge in [-0.05, 0) is 17.5 Å². The molecular formula is C21H16N2O6. The summed E-state index contributed by atoms with van der Waals surface area (Å²) < 4.78 is 5.70. The summed E-state index contributed by atoms with van der Waals surface area (Å²) in [6, 6.07) is 16.7. The first-order chi connectivity index (χ1) is 14.0. The average Bonchev–Trinajstić information content (AvgIpc) is 2.96. The number of aliphatic hydroxyl groups excluding tert-OH is 1. The fraction of sp³-hybridized carbons (Fsp3) is 0.143. The van der Waals surface area contributed by atoms with Crippen LogP contribution in [0, 0.1) is 10.1 Å². The number of benzene rings is 3. The molecule has 4 rings (SSSR count). The highest BCUT2D eigenvalue weighted by molar-refractivity contribution is 6.21. The van der Waals surface area contributed by atoms with Gasteiger partial charge in [0.25, 0.3) is 17.5 Å². The summed E-state index contributed by atoms with van der Waals surface area (Å²) in [4.78, 5) is 36.1. The van der Waals surface area contributed by atoms with E-state index < -0.39 is 22.8 Å². The van der Waals surface area contributed by atoms with Crippen LogP contribution in [-0.2, 0) is 0 Å². The molecule has 1 heterocycles. The number of hydrogen-bond acceptors (Lipinski definition) is 6. The Morgan fingerprint density at radius 3 is 2.52 bits per heavy atom. The molecule has 0 fully saturated rings. The number of aliphatic hydroxyl groups is 1. The predicted octanol–water partition coefficient (Wildman–Crippen LogP) is 2.78. The van der Waals surface area contributed by atoms with Gasteiger partial charge in [0.2, 0.25) is 0 Å². The SMILES string of the molecule is O=C1c2ccc([N+](=O)[O-])cc2C(=O)N1C[C@@H](O)COc1cccc2ccccc12. The van der Waals surface area contributed by atoms with Gasteiger partial charge >= 0.3 is 0 Å². The number of nitro groups is 1. The normalized spacial score (nSPS) is 14.2. The monoisotopic (exact) mass is 392 g/mol. The lowest BCUT2D eigenvalue weighted by atomic mass is 10.1. The smallest absolute Gasteiger partial charge is 0.270 e. The van der Waals surface area contributed by atoms with Gasteiger partial charge in [0.05, 0.1) is 22.6 Å². The van der Waals surface area contributed by atoms with Crippen molar-refractivity contribution in [2.75, 3.05) is 13.2 Å². The van der Waals surface area contributed by atoms with E-state index in [0.717, 1.165) is 21.7 Å². The van der Waals surface area contributed by atoms with Gasteiger partial charge in [-0.15, -0.1) is 0 Å². The molecule has 1 N–H and O–H groups in total. The van der Waals surface area contributed by atoms with Crippen LogP contribution in [0.25, 0.3) is 10.8 Å². The molecule has 8 heteroatoms. The van der Waals surface area contributed by atoms with Crippen LogP contribution in [0.2, 0.25) is 0 Å². The third-order valence-corrected chi connectivity index (χ3v) is 4.74. The van der Waals surface area contributed by atoms with Crippen LogP contribution in [0.1, 0.15) is 20.7 Å². The number of hydrogen-bond donors (Lipinski definition) is 1. The van der Waals surface area contributed by atoms with E-state index >= 15 is 0 Å². The van der Waals surface area contributed by atoms with E-state index in [4.69, 9.17) is 4.74 Å². The lowest BCUT2D eigenvalue weighted by Crippen LogP contribution is -2.39. The lowest BCUT2D eigenvalue weighted by Gasteiger charge is -2.19. The van der Waals surface area contributed by atoms with Crippen LogP contribution < -0.4 is 4.74 Å². The van der Waals surface area contributed by atoms with Crippen molar-refractivity contribution < 1.29 is 24.4 Å². The van der Waals surface area contributed by atoms with Gasteiger partial charge in [-0.3, -0.25) is 24.6 Å². The largest absolute Gasteiger partial charge is 0.490 e. The fourth-order valence-corrected chi connectivity index (χ4v) is 3.33. The van der Waals surface area contributed by atoms with Crippen LogP contribution in [0.4, 0.5) is 5.69 Å². The Kier molecular flexibility index (Phi) is 4.69. The number of carbonyl (C=O) groups is 2. The zero-order chi connectivity index (χ0) is 20.5. The molecule has 8 nitrogen and oxygen atoms in total. The van der Waals surface area contributed by atoms with E-state index in [1.165, 1.54) is 12.1 Å². The zero-order valence-corrected chi connectivity index (χ0v) is 15.1. The molecule has 0 saturated carbocycles. The van der Waals surface area contributed by atoms with Gasteiger partial charge in [0, 0.05) is 17.5 Å². The van der Waals surface area contributed by atoms with Gasteiger partial charge < -0.3 is 9.84 Å². The quantitative estimate of drug-likeness (QED) is 0.392. The molecule has 0 saturated heterocycles. The topological polar surface area (TPSA) is 110 Å². The van der Waals surface area contributed by atoms with Crippen molar-refractivity contribution in [2.45, 2.75) is 6.10 Å². The summed E-state index contributed by atoms with van der Waals surface area (Å²) in [5.41, 5.74) is -0.222. The van der Waals surface area contributed by atoms with E-state index in [2.05, 4.69) is 0 Å². The van der Waals surface area contributed by atoms with E-state index in [0.29, 0.717) is 5.75 Å². The van der Waals surface area contributed by atoms with Crippen LogP contribution >= 0.6 is 0 Å². The molecule has 2 amide bonds.